The number of hydrogen-bond donors (Lipinski definition) is 1. The maximum absolute atomic E-state index is 13.0. The first-order valence-electron chi connectivity index (χ1n) is 7.26. The van der Waals surface area contributed by atoms with Gasteiger partial charge in [0, 0.05) is 6.04 Å². The first kappa shape index (κ1) is 18.1. The molecule has 120 valence electrons. The number of nitrogens with one attached hydrogen (secondary N) is 1. The third kappa shape index (κ3) is 5.82. The number of benzene rings is 1. The van der Waals surface area contributed by atoms with Crippen molar-refractivity contribution in [3.63, 3.8) is 0 Å². The quantitative estimate of drug-likeness (QED) is 0.878. The first-order chi connectivity index (χ1) is 10.2. The molecule has 4 nitrogen and oxygen atoms in total. The minimum Gasteiger partial charge on any atom is -0.375 e. The minimum atomic E-state index is -0.710. The van der Waals surface area contributed by atoms with Crippen LogP contribution < -0.4 is 5.32 Å². The fraction of sp³-hybridized carbons (Fsp3) is 0.529. The number of carbonyl (C=O) groups is 1. The molecule has 0 unspecified atom stereocenters. The van der Waals surface area contributed by atoms with Crippen LogP contribution in [0.4, 0.5) is 4.39 Å². The predicted octanol–water partition coefficient (Wildman–Crippen LogP) is 3.03. The molecular formula is C17H23FN2O2. The third-order valence-corrected chi connectivity index (χ3v) is 3.17. The highest BCUT2D eigenvalue weighted by Gasteiger charge is 2.31. The van der Waals surface area contributed by atoms with E-state index in [1.807, 2.05) is 26.8 Å². The van der Waals surface area contributed by atoms with Crippen LogP contribution in [0, 0.1) is 28.5 Å². The van der Waals surface area contributed by atoms with E-state index >= 15 is 0 Å². The maximum atomic E-state index is 13.0. The Kier molecular flexibility index (Phi) is 6.51. The van der Waals surface area contributed by atoms with Crippen LogP contribution in [-0.4, -0.2) is 18.6 Å². The van der Waals surface area contributed by atoms with Crippen molar-refractivity contribution in [2.75, 3.05) is 6.61 Å². The van der Waals surface area contributed by atoms with Crippen molar-refractivity contribution in [3.05, 3.63) is 35.6 Å². The van der Waals surface area contributed by atoms with E-state index in [0.717, 1.165) is 5.56 Å². The van der Waals surface area contributed by atoms with E-state index in [2.05, 4.69) is 5.32 Å². The second-order valence-corrected chi connectivity index (χ2v) is 6.48. The van der Waals surface area contributed by atoms with Crippen molar-refractivity contribution in [3.8, 4) is 6.07 Å². The van der Waals surface area contributed by atoms with Crippen LogP contribution in [0.15, 0.2) is 24.3 Å². The van der Waals surface area contributed by atoms with Crippen molar-refractivity contribution in [2.45, 2.75) is 40.3 Å². The van der Waals surface area contributed by atoms with E-state index in [4.69, 9.17) is 10.00 Å². The normalized spacial score (nSPS) is 14.0. The molecule has 0 bridgehead atoms. The smallest absolute Gasteiger partial charge is 0.238 e. The second-order valence-electron chi connectivity index (χ2n) is 6.48. The second kappa shape index (κ2) is 7.90. The van der Waals surface area contributed by atoms with Gasteiger partial charge < -0.3 is 10.1 Å². The van der Waals surface area contributed by atoms with E-state index in [1.165, 1.54) is 12.1 Å². The summed E-state index contributed by atoms with van der Waals surface area (Å²) in [5.74, 6) is -1.31. The summed E-state index contributed by atoms with van der Waals surface area (Å²) in [5.41, 5.74) is 0.323. The average molecular weight is 306 g/mol. The Morgan fingerprint density at radius 1 is 1.45 bits per heavy atom. The highest BCUT2D eigenvalue weighted by atomic mass is 19.1. The molecule has 1 amide bonds. The van der Waals surface area contributed by atoms with Gasteiger partial charge in [0.2, 0.25) is 5.91 Å². The molecule has 0 saturated carbocycles. The van der Waals surface area contributed by atoms with E-state index in [1.54, 1.807) is 19.1 Å². The van der Waals surface area contributed by atoms with Crippen LogP contribution in [0.1, 0.15) is 33.3 Å². The predicted molar refractivity (Wildman–Crippen MR) is 82.2 cm³/mol. The van der Waals surface area contributed by atoms with Gasteiger partial charge >= 0.3 is 0 Å². The highest BCUT2D eigenvalue weighted by Crippen LogP contribution is 2.25. The van der Waals surface area contributed by atoms with Gasteiger partial charge in [0.05, 0.1) is 19.3 Å². The van der Waals surface area contributed by atoms with Gasteiger partial charge in [-0.3, -0.25) is 4.79 Å². The molecule has 0 aliphatic rings. The van der Waals surface area contributed by atoms with Crippen molar-refractivity contribution in [1.29, 1.82) is 5.26 Å². The van der Waals surface area contributed by atoms with Gasteiger partial charge in [0.15, 0.2) is 0 Å². The molecule has 1 aromatic rings. The van der Waals surface area contributed by atoms with Crippen LogP contribution in [0.5, 0.6) is 0 Å². The Labute approximate surface area is 131 Å². The summed E-state index contributed by atoms with van der Waals surface area (Å²) in [4.78, 5) is 12.1. The van der Waals surface area contributed by atoms with Gasteiger partial charge in [-0.15, -0.1) is 0 Å². The van der Waals surface area contributed by atoms with Gasteiger partial charge in [0.1, 0.15) is 11.7 Å². The van der Waals surface area contributed by atoms with Crippen molar-refractivity contribution >= 4 is 5.91 Å². The number of nitriles is 1. The summed E-state index contributed by atoms with van der Waals surface area (Å²) < 4.78 is 18.5. The first-order valence-corrected chi connectivity index (χ1v) is 7.26. The van der Waals surface area contributed by atoms with Gasteiger partial charge in [-0.25, -0.2) is 4.39 Å². The monoisotopic (exact) mass is 306 g/mol. The number of halogens is 1. The largest absolute Gasteiger partial charge is 0.375 e. The molecular weight excluding hydrogens is 283 g/mol. The van der Waals surface area contributed by atoms with Crippen LogP contribution in [-0.2, 0) is 16.1 Å². The number of amides is 1. The number of carbonyl (C=O) groups excluding carboxylic acids is 1. The lowest BCUT2D eigenvalue weighted by atomic mass is 9.81. The molecule has 1 rings (SSSR count). The zero-order chi connectivity index (χ0) is 16.8. The molecule has 22 heavy (non-hydrogen) atoms. The molecule has 5 heteroatoms. The lowest BCUT2D eigenvalue weighted by Crippen LogP contribution is -2.43. The zero-order valence-corrected chi connectivity index (χ0v) is 13.5. The minimum absolute atomic E-state index is 0.223. The number of hydrogen-bond acceptors (Lipinski definition) is 3. The third-order valence-electron chi connectivity index (χ3n) is 3.17. The highest BCUT2D eigenvalue weighted by molar-refractivity contribution is 5.82. The van der Waals surface area contributed by atoms with Gasteiger partial charge in [0.25, 0.3) is 0 Å². The van der Waals surface area contributed by atoms with Crippen molar-refractivity contribution < 1.29 is 13.9 Å². The van der Waals surface area contributed by atoms with E-state index in [9.17, 15) is 9.18 Å². The number of nitrogens with zero attached hydrogens (tertiary/aromatic N) is 1. The molecule has 0 heterocycles. The van der Waals surface area contributed by atoms with Crippen LogP contribution in [0.25, 0.3) is 0 Å². The fourth-order valence-electron chi connectivity index (χ4n) is 1.99. The van der Waals surface area contributed by atoms with E-state index in [-0.39, 0.29) is 24.4 Å². The summed E-state index contributed by atoms with van der Waals surface area (Å²) in [7, 11) is 0. The summed E-state index contributed by atoms with van der Waals surface area (Å²) >= 11 is 0. The van der Waals surface area contributed by atoms with E-state index < -0.39 is 11.3 Å². The lowest BCUT2D eigenvalue weighted by molar-refractivity contribution is -0.127. The fourth-order valence-corrected chi connectivity index (χ4v) is 1.99. The molecule has 1 aromatic carbocycles. The number of ether oxygens (including phenoxy) is 1. The molecule has 0 aliphatic carbocycles. The molecule has 0 aliphatic heterocycles. The Hall–Kier alpha value is -1.93. The molecule has 2 atom stereocenters. The van der Waals surface area contributed by atoms with Gasteiger partial charge in [-0.1, -0.05) is 32.9 Å². The lowest BCUT2D eigenvalue weighted by Gasteiger charge is -2.25. The summed E-state index contributed by atoms with van der Waals surface area (Å²) in [5, 5.41) is 11.9. The zero-order valence-electron chi connectivity index (χ0n) is 13.5. The Morgan fingerprint density at radius 3 is 2.68 bits per heavy atom. The Balaban J connectivity index is 2.42. The summed E-state index contributed by atoms with van der Waals surface area (Å²) in [6, 6.07) is 8.01. The molecule has 0 spiro atoms. The average Bonchev–Trinajstić information content (AvgIpc) is 2.37. The Bertz CT molecular complexity index is 546. The summed E-state index contributed by atoms with van der Waals surface area (Å²) in [6.45, 7) is 7.94. The van der Waals surface area contributed by atoms with E-state index in [0.29, 0.717) is 6.61 Å². The summed E-state index contributed by atoms with van der Waals surface area (Å²) in [6.07, 6.45) is 0. The molecule has 0 saturated heterocycles. The van der Waals surface area contributed by atoms with Gasteiger partial charge in [-0.05, 0) is 30.0 Å². The van der Waals surface area contributed by atoms with Crippen LogP contribution in [0.3, 0.4) is 0 Å². The molecule has 0 fully saturated rings. The maximum Gasteiger partial charge on any atom is 0.238 e. The molecule has 0 aromatic heterocycles. The molecule has 1 N–H and O–H groups in total. The van der Waals surface area contributed by atoms with Crippen molar-refractivity contribution in [1.82, 2.24) is 5.32 Å². The van der Waals surface area contributed by atoms with Crippen LogP contribution in [0.2, 0.25) is 0 Å². The number of rotatable bonds is 6. The van der Waals surface area contributed by atoms with Crippen LogP contribution >= 0.6 is 0 Å². The Morgan fingerprint density at radius 2 is 2.14 bits per heavy atom. The van der Waals surface area contributed by atoms with Crippen molar-refractivity contribution in [2.24, 2.45) is 11.3 Å². The van der Waals surface area contributed by atoms with Gasteiger partial charge in [-0.2, -0.15) is 5.26 Å². The SMILES string of the molecule is C[C@H](COCc1cccc(F)c1)NC(=O)[C@@H](C#N)C(C)(C)C. The topological polar surface area (TPSA) is 62.1 Å². The standard InChI is InChI=1S/C17H23FN2O2/c1-12(20-16(21)15(9-19)17(2,3)4)10-22-11-13-6-5-7-14(18)8-13/h5-8,12,15H,10-11H2,1-4H3,(H,20,21)/t12-,15-/m1/s1. The molecule has 0 radical (unpaired) electrons.